The number of carbonyl (C=O) groups excluding carboxylic acids is 3. The van der Waals surface area contributed by atoms with Gasteiger partial charge < -0.3 is 15.8 Å². The second kappa shape index (κ2) is 11.7. The van der Waals surface area contributed by atoms with E-state index in [1.165, 1.54) is 11.3 Å². The molecule has 3 N–H and O–H groups in total. The summed E-state index contributed by atoms with van der Waals surface area (Å²) in [6.07, 6.45) is 2.83. The maximum absolute atomic E-state index is 12.7. The summed E-state index contributed by atoms with van der Waals surface area (Å²) < 4.78 is 7.44. The molecule has 0 radical (unpaired) electrons. The number of thiazole rings is 1. The van der Waals surface area contributed by atoms with Crippen molar-refractivity contribution in [3.05, 3.63) is 44.6 Å². The number of amides is 2. The van der Waals surface area contributed by atoms with Gasteiger partial charge in [-0.15, -0.1) is 11.3 Å². The van der Waals surface area contributed by atoms with Crippen LogP contribution >= 0.6 is 27.3 Å². The van der Waals surface area contributed by atoms with Gasteiger partial charge in [-0.05, 0) is 45.5 Å². The van der Waals surface area contributed by atoms with Crippen LogP contribution in [0.25, 0.3) is 0 Å². The number of hydrogen-bond acceptors (Lipinski definition) is 6. The molecule has 2 amide bonds. The molecule has 0 fully saturated rings. The van der Waals surface area contributed by atoms with Crippen LogP contribution in [0, 0.1) is 11.3 Å². The van der Waals surface area contributed by atoms with E-state index in [0.717, 1.165) is 6.42 Å². The van der Waals surface area contributed by atoms with Crippen molar-refractivity contribution in [2.45, 2.75) is 60.2 Å². The molecular weight excluding hydrogens is 508 g/mol. The Morgan fingerprint density at radius 3 is 2.61 bits per heavy atom. The number of esters is 1. The van der Waals surface area contributed by atoms with Crippen molar-refractivity contribution in [2.75, 3.05) is 5.32 Å². The van der Waals surface area contributed by atoms with Gasteiger partial charge in [0.2, 0.25) is 5.91 Å². The summed E-state index contributed by atoms with van der Waals surface area (Å²) in [6, 6.07) is 4.18. The Balaban J connectivity index is 2.10. The third kappa shape index (κ3) is 8.21. The van der Waals surface area contributed by atoms with E-state index in [2.05, 4.69) is 26.2 Å². The van der Waals surface area contributed by atoms with Crippen molar-refractivity contribution in [1.29, 1.82) is 0 Å². The van der Waals surface area contributed by atoms with Crippen molar-refractivity contribution in [2.24, 2.45) is 22.1 Å². The lowest BCUT2D eigenvalue weighted by atomic mass is 9.92. The van der Waals surface area contributed by atoms with Gasteiger partial charge in [-0.2, -0.15) is 4.99 Å². The lowest BCUT2D eigenvalue weighted by Gasteiger charge is -2.17. The number of benzene rings is 1. The van der Waals surface area contributed by atoms with Gasteiger partial charge in [0.15, 0.2) is 11.5 Å². The number of hydrogen-bond donors (Lipinski definition) is 2. The highest BCUT2D eigenvalue weighted by Crippen LogP contribution is 2.26. The van der Waals surface area contributed by atoms with E-state index in [1.54, 1.807) is 34.3 Å². The van der Waals surface area contributed by atoms with Crippen molar-refractivity contribution < 1.29 is 19.1 Å². The molecule has 0 spiro atoms. The molecule has 33 heavy (non-hydrogen) atoms. The second-order valence-corrected chi connectivity index (χ2v) is 10.8. The highest BCUT2D eigenvalue weighted by Gasteiger charge is 2.21. The summed E-state index contributed by atoms with van der Waals surface area (Å²) in [4.78, 5) is 41.6. The SMILES string of the molecule is CC[C@H](C)[C@H](N)C(=O)OCn1ccs/c1=N\C(=O)c1ccc(NC(=O)CC(C)(C)C)c(Br)c1. The zero-order valence-electron chi connectivity index (χ0n) is 19.6. The second-order valence-electron chi connectivity index (χ2n) is 9.06. The predicted molar refractivity (Wildman–Crippen MR) is 133 cm³/mol. The number of anilines is 1. The van der Waals surface area contributed by atoms with Crippen molar-refractivity contribution in [1.82, 2.24) is 4.57 Å². The number of ether oxygens (including phenoxy) is 1. The third-order valence-corrected chi connectivity index (χ3v) is 6.36. The van der Waals surface area contributed by atoms with Crippen LogP contribution in [0.2, 0.25) is 0 Å². The van der Waals surface area contributed by atoms with Gasteiger partial charge in [-0.3, -0.25) is 19.0 Å². The number of aromatic nitrogens is 1. The van der Waals surface area contributed by atoms with Gasteiger partial charge in [0.1, 0.15) is 6.04 Å². The molecule has 2 aromatic rings. The fourth-order valence-electron chi connectivity index (χ4n) is 2.78. The lowest BCUT2D eigenvalue weighted by molar-refractivity contribution is -0.150. The third-order valence-electron chi connectivity index (χ3n) is 4.91. The first kappa shape index (κ1) is 26.9. The van der Waals surface area contributed by atoms with E-state index in [0.29, 0.717) is 26.9 Å². The molecule has 10 heteroatoms. The van der Waals surface area contributed by atoms with Gasteiger partial charge in [-0.1, -0.05) is 41.0 Å². The zero-order valence-corrected chi connectivity index (χ0v) is 22.0. The Kier molecular flexibility index (Phi) is 9.57. The van der Waals surface area contributed by atoms with Crippen LogP contribution in [-0.2, 0) is 21.1 Å². The number of nitrogens with two attached hydrogens (primary N) is 1. The molecule has 0 bridgehead atoms. The molecule has 0 aliphatic rings. The number of halogens is 1. The van der Waals surface area contributed by atoms with Crippen LogP contribution in [0.5, 0.6) is 0 Å². The predicted octanol–water partition coefficient (Wildman–Crippen LogP) is 4.30. The number of nitrogens with zero attached hydrogens (tertiary/aromatic N) is 2. The van der Waals surface area contributed by atoms with Crippen LogP contribution in [0.3, 0.4) is 0 Å². The first-order chi connectivity index (χ1) is 15.4. The van der Waals surface area contributed by atoms with E-state index in [-0.39, 0.29) is 24.0 Å². The summed E-state index contributed by atoms with van der Waals surface area (Å²) in [6.45, 7) is 9.73. The van der Waals surface area contributed by atoms with Crippen LogP contribution in [0.15, 0.2) is 39.2 Å². The fourth-order valence-corrected chi connectivity index (χ4v) is 3.97. The first-order valence-corrected chi connectivity index (χ1v) is 12.3. The first-order valence-electron chi connectivity index (χ1n) is 10.7. The molecule has 0 saturated carbocycles. The number of carbonyl (C=O) groups is 3. The van der Waals surface area contributed by atoms with Crippen molar-refractivity contribution in [3.8, 4) is 0 Å². The maximum atomic E-state index is 12.7. The van der Waals surface area contributed by atoms with Crippen LogP contribution in [-0.4, -0.2) is 28.4 Å². The largest absolute Gasteiger partial charge is 0.443 e. The fraction of sp³-hybridized carbons (Fsp3) is 0.478. The van der Waals surface area contributed by atoms with Gasteiger partial charge in [-0.25, -0.2) is 0 Å². The molecule has 0 aliphatic carbocycles. The van der Waals surface area contributed by atoms with E-state index in [9.17, 15) is 14.4 Å². The maximum Gasteiger partial charge on any atom is 0.324 e. The molecule has 2 atom stereocenters. The molecule has 1 aromatic heterocycles. The number of rotatable bonds is 8. The van der Waals surface area contributed by atoms with Crippen molar-refractivity contribution in [3.63, 3.8) is 0 Å². The minimum absolute atomic E-state index is 0.00961. The van der Waals surface area contributed by atoms with Crippen LogP contribution < -0.4 is 15.9 Å². The Morgan fingerprint density at radius 1 is 1.30 bits per heavy atom. The van der Waals surface area contributed by atoms with Gasteiger partial charge in [0.25, 0.3) is 5.91 Å². The van der Waals surface area contributed by atoms with E-state index in [4.69, 9.17) is 10.5 Å². The molecular formula is C23H31BrN4O4S. The smallest absolute Gasteiger partial charge is 0.324 e. The minimum atomic E-state index is -0.698. The summed E-state index contributed by atoms with van der Waals surface area (Å²) in [5, 5.41) is 4.60. The highest BCUT2D eigenvalue weighted by atomic mass is 79.9. The average molecular weight is 539 g/mol. The number of nitrogens with one attached hydrogen (secondary N) is 1. The average Bonchev–Trinajstić information content (AvgIpc) is 3.17. The zero-order chi connectivity index (χ0) is 24.8. The summed E-state index contributed by atoms with van der Waals surface area (Å²) in [5.41, 5.74) is 6.71. The standard InChI is InChI=1S/C23H31BrN4O4S/c1-6-14(2)19(25)21(31)32-13-28-9-10-33-22(28)27-20(30)15-7-8-17(16(24)11-15)26-18(29)12-23(3,4)5/h7-11,14,19H,6,12-13,25H2,1-5H3,(H,26,29)/b27-22-/t14-,19-/m0/s1. The Bertz CT molecular complexity index is 1070. The molecule has 1 heterocycles. The summed E-state index contributed by atoms with van der Waals surface area (Å²) >= 11 is 4.66. The topological polar surface area (TPSA) is 116 Å². The lowest BCUT2D eigenvalue weighted by Crippen LogP contribution is -2.38. The van der Waals surface area contributed by atoms with Crippen molar-refractivity contribution >= 4 is 50.7 Å². The molecule has 180 valence electrons. The van der Waals surface area contributed by atoms with Gasteiger partial charge in [0, 0.05) is 28.0 Å². The Hall–Kier alpha value is -2.30. The molecule has 0 unspecified atom stereocenters. The molecule has 8 nitrogen and oxygen atoms in total. The van der Waals surface area contributed by atoms with E-state index < -0.39 is 17.9 Å². The Morgan fingerprint density at radius 2 is 2.00 bits per heavy atom. The van der Waals surface area contributed by atoms with E-state index >= 15 is 0 Å². The van der Waals surface area contributed by atoms with Gasteiger partial charge >= 0.3 is 5.97 Å². The van der Waals surface area contributed by atoms with Crippen LogP contribution in [0.4, 0.5) is 5.69 Å². The van der Waals surface area contributed by atoms with Gasteiger partial charge in [0.05, 0.1) is 5.69 Å². The normalized spacial score (nSPS) is 14.0. The van der Waals surface area contributed by atoms with Crippen LogP contribution in [0.1, 0.15) is 57.8 Å². The highest BCUT2D eigenvalue weighted by molar-refractivity contribution is 9.10. The molecule has 2 rings (SSSR count). The molecule has 0 saturated heterocycles. The molecule has 1 aromatic carbocycles. The quantitative estimate of drug-likeness (QED) is 0.486. The Labute approximate surface area is 206 Å². The van der Waals surface area contributed by atoms with E-state index in [1.807, 2.05) is 34.6 Å². The monoisotopic (exact) mass is 538 g/mol. The minimum Gasteiger partial charge on any atom is -0.443 e. The summed E-state index contributed by atoms with van der Waals surface area (Å²) in [7, 11) is 0. The molecule has 0 aliphatic heterocycles. The summed E-state index contributed by atoms with van der Waals surface area (Å²) in [5.74, 6) is -1.04.